The van der Waals surface area contributed by atoms with E-state index in [1.54, 1.807) is 6.07 Å². The maximum atomic E-state index is 13.4. The van der Waals surface area contributed by atoms with Crippen LogP contribution in [0.3, 0.4) is 0 Å². The lowest BCUT2D eigenvalue weighted by Gasteiger charge is -2.31. The minimum atomic E-state index is -1.26. The van der Waals surface area contributed by atoms with Gasteiger partial charge in [-0.2, -0.15) is 0 Å². The maximum Gasteiger partial charge on any atom is 0.328 e. The number of carboxylic acid groups (broad SMARTS) is 4. The Morgan fingerprint density at radius 2 is 1.38 bits per heavy atom. The second kappa shape index (κ2) is 17.6. The molecule has 1 aromatic heterocycles. The predicted octanol–water partition coefficient (Wildman–Crippen LogP) is 4.09. The fourth-order valence-electron chi connectivity index (χ4n) is 4.04. The summed E-state index contributed by atoms with van der Waals surface area (Å²) < 4.78 is 13.4. The highest BCUT2D eigenvalue weighted by Gasteiger charge is 2.20. The Hall–Kier alpha value is -5.10. The van der Waals surface area contributed by atoms with Gasteiger partial charge in [-0.1, -0.05) is 42.5 Å². The molecule has 2 heterocycles. The Morgan fingerprint density at radius 1 is 0.833 bits per heavy atom. The number of hydrogen-bond donors (Lipinski definition) is 5. The average Bonchev–Trinajstić information content (AvgIpc) is 3.42. The normalized spacial score (nSPS) is 13.5. The number of nitrogens with zero attached hydrogens (tertiary/aromatic N) is 2. The SMILES string of the molecule is Fc1cccc(-c2ncc(CN3CCC(Cc4ccccc4)CC3)[nH]2)c1.O=C(O)/C=C\C(=O)O.O=C(O)/C=C\C(=O)O. The van der Waals surface area contributed by atoms with Crippen molar-refractivity contribution in [3.8, 4) is 11.4 Å². The Balaban J connectivity index is 0.000000319. The number of H-pyrrole nitrogens is 1. The summed E-state index contributed by atoms with van der Waals surface area (Å²) in [7, 11) is 0. The molecule has 5 N–H and O–H groups in total. The number of aliphatic carboxylic acids is 4. The number of carboxylic acids is 4. The zero-order valence-electron chi connectivity index (χ0n) is 22.6. The number of likely N-dealkylation sites (tertiary alicyclic amines) is 1. The minimum Gasteiger partial charge on any atom is -0.478 e. The van der Waals surface area contributed by atoms with Gasteiger partial charge in [0.2, 0.25) is 0 Å². The third-order valence-electron chi connectivity index (χ3n) is 5.93. The number of carbonyl (C=O) groups is 4. The van der Waals surface area contributed by atoms with Gasteiger partial charge in [0.1, 0.15) is 11.6 Å². The van der Waals surface area contributed by atoms with Crippen LogP contribution < -0.4 is 0 Å². The number of imidazole rings is 1. The molecule has 0 aliphatic carbocycles. The summed E-state index contributed by atoms with van der Waals surface area (Å²) in [4.78, 5) is 48.4. The van der Waals surface area contributed by atoms with E-state index in [-0.39, 0.29) is 5.82 Å². The van der Waals surface area contributed by atoms with Crippen molar-refractivity contribution in [2.24, 2.45) is 5.92 Å². The molecule has 1 saturated heterocycles. The van der Waals surface area contributed by atoms with Crippen molar-refractivity contribution >= 4 is 23.9 Å². The van der Waals surface area contributed by atoms with E-state index in [4.69, 9.17) is 20.4 Å². The van der Waals surface area contributed by atoms with Crippen LogP contribution >= 0.6 is 0 Å². The minimum absolute atomic E-state index is 0.235. The van der Waals surface area contributed by atoms with Crippen LogP contribution in [-0.2, 0) is 32.1 Å². The smallest absolute Gasteiger partial charge is 0.328 e. The maximum absolute atomic E-state index is 13.4. The third kappa shape index (κ3) is 13.8. The molecule has 0 bridgehead atoms. The third-order valence-corrected chi connectivity index (χ3v) is 5.93. The van der Waals surface area contributed by atoms with Crippen LogP contribution in [0.5, 0.6) is 0 Å². The molecule has 1 aliphatic rings. The van der Waals surface area contributed by atoms with E-state index < -0.39 is 23.9 Å². The van der Waals surface area contributed by atoms with Crippen molar-refractivity contribution in [2.75, 3.05) is 13.1 Å². The number of aromatic amines is 1. The number of piperidine rings is 1. The molecular weight excluding hydrogens is 549 g/mol. The van der Waals surface area contributed by atoms with Crippen molar-refractivity contribution in [3.63, 3.8) is 0 Å². The number of nitrogens with one attached hydrogen (secondary N) is 1. The van der Waals surface area contributed by atoms with Gasteiger partial charge in [-0.3, -0.25) is 4.90 Å². The molecule has 1 fully saturated rings. The van der Waals surface area contributed by atoms with Crippen molar-refractivity contribution < 1.29 is 44.0 Å². The molecule has 4 rings (SSSR count). The summed E-state index contributed by atoms with van der Waals surface area (Å²) in [6.07, 6.45) is 7.76. The van der Waals surface area contributed by atoms with E-state index in [1.807, 2.05) is 12.3 Å². The number of hydrogen-bond acceptors (Lipinski definition) is 6. The van der Waals surface area contributed by atoms with Crippen LogP contribution in [-0.4, -0.2) is 72.3 Å². The Kier molecular flexibility index (Phi) is 13.8. The zero-order chi connectivity index (χ0) is 30.9. The Morgan fingerprint density at radius 3 is 1.88 bits per heavy atom. The molecule has 0 atom stereocenters. The molecule has 0 unspecified atom stereocenters. The van der Waals surface area contributed by atoms with E-state index >= 15 is 0 Å². The molecular formula is C30H32FN3O8. The van der Waals surface area contributed by atoms with Gasteiger partial charge in [-0.25, -0.2) is 28.6 Å². The van der Waals surface area contributed by atoms with Gasteiger partial charge >= 0.3 is 23.9 Å². The number of benzene rings is 2. The molecule has 42 heavy (non-hydrogen) atoms. The van der Waals surface area contributed by atoms with E-state index in [0.717, 1.165) is 42.6 Å². The molecule has 1 aliphatic heterocycles. The van der Waals surface area contributed by atoms with Crippen molar-refractivity contribution in [1.82, 2.24) is 14.9 Å². The lowest BCUT2D eigenvalue weighted by Crippen LogP contribution is -2.33. The lowest BCUT2D eigenvalue weighted by atomic mass is 9.90. The van der Waals surface area contributed by atoms with Crippen LogP contribution in [0, 0.1) is 11.7 Å². The molecule has 11 nitrogen and oxygen atoms in total. The standard InChI is InChI=1S/C22H24FN3.2C4H4O4/c23-20-8-4-7-19(14-20)22-24-15-21(25-22)16-26-11-9-18(10-12-26)13-17-5-2-1-3-6-17;2*5-3(6)1-2-4(7)8/h1-8,14-15,18H,9-13,16H2,(H,24,25);2*1-2H,(H,5,6)(H,7,8)/b;2*2-1-. The van der Waals surface area contributed by atoms with Crippen LogP contribution in [0.15, 0.2) is 85.1 Å². The summed E-state index contributed by atoms with van der Waals surface area (Å²) in [6, 6.07) is 17.3. The highest BCUT2D eigenvalue weighted by Crippen LogP contribution is 2.23. The van der Waals surface area contributed by atoms with Crippen LogP contribution in [0.4, 0.5) is 4.39 Å². The van der Waals surface area contributed by atoms with Gasteiger partial charge in [0.05, 0.1) is 0 Å². The van der Waals surface area contributed by atoms with E-state index in [2.05, 4.69) is 45.2 Å². The molecule has 0 radical (unpaired) electrons. The monoisotopic (exact) mass is 581 g/mol. The largest absolute Gasteiger partial charge is 0.478 e. The molecule has 0 spiro atoms. The summed E-state index contributed by atoms with van der Waals surface area (Å²) >= 11 is 0. The van der Waals surface area contributed by atoms with Crippen molar-refractivity contribution in [3.05, 3.63) is 102 Å². The van der Waals surface area contributed by atoms with Crippen LogP contribution in [0.2, 0.25) is 0 Å². The second-order valence-corrected chi connectivity index (χ2v) is 9.20. The second-order valence-electron chi connectivity index (χ2n) is 9.20. The van der Waals surface area contributed by atoms with E-state index in [0.29, 0.717) is 24.3 Å². The summed E-state index contributed by atoms with van der Waals surface area (Å²) in [5.41, 5.74) is 3.32. The number of rotatable bonds is 9. The van der Waals surface area contributed by atoms with E-state index in [1.165, 1.54) is 37.0 Å². The van der Waals surface area contributed by atoms with Crippen molar-refractivity contribution in [2.45, 2.75) is 25.8 Å². The molecule has 0 saturated carbocycles. The molecule has 3 aromatic rings. The average molecular weight is 582 g/mol. The van der Waals surface area contributed by atoms with Crippen LogP contribution in [0.1, 0.15) is 24.1 Å². The summed E-state index contributed by atoms with van der Waals surface area (Å²) in [6.45, 7) is 3.11. The highest BCUT2D eigenvalue weighted by molar-refractivity contribution is 5.90. The van der Waals surface area contributed by atoms with Gasteiger partial charge in [0.25, 0.3) is 0 Å². The van der Waals surface area contributed by atoms with Gasteiger partial charge in [0, 0.05) is 48.3 Å². The van der Waals surface area contributed by atoms with Crippen molar-refractivity contribution in [1.29, 1.82) is 0 Å². The van der Waals surface area contributed by atoms with Gasteiger partial charge in [0.15, 0.2) is 0 Å². The molecule has 0 amide bonds. The zero-order valence-corrected chi connectivity index (χ0v) is 22.6. The quantitative estimate of drug-likeness (QED) is 0.231. The molecule has 222 valence electrons. The fraction of sp³-hybridized carbons (Fsp3) is 0.233. The fourth-order valence-corrected chi connectivity index (χ4v) is 4.04. The lowest BCUT2D eigenvalue weighted by molar-refractivity contribution is -0.134. The Bertz CT molecular complexity index is 1310. The first-order chi connectivity index (χ1) is 20.0. The highest BCUT2D eigenvalue weighted by atomic mass is 19.1. The predicted molar refractivity (Wildman–Crippen MR) is 151 cm³/mol. The first kappa shape index (κ1) is 33.1. The van der Waals surface area contributed by atoms with E-state index in [9.17, 15) is 23.6 Å². The topological polar surface area (TPSA) is 181 Å². The summed E-state index contributed by atoms with van der Waals surface area (Å²) in [5.74, 6) is -3.75. The molecule has 12 heteroatoms. The summed E-state index contributed by atoms with van der Waals surface area (Å²) in [5, 5.41) is 31.2. The first-order valence-electron chi connectivity index (χ1n) is 12.9. The van der Waals surface area contributed by atoms with Crippen LogP contribution in [0.25, 0.3) is 11.4 Å². The van der Waals surface area contributed by atoms with Gasteiger partial charge < -0.3 is 25.4 Å². The number of halogens is 1. The molecule has 2 aromatic carbocycles. The first-order valence-corrected chi connectivity index (χ1v) is 12.9. The Labute approximate surface area is 241 Å². The number of aromatic nitrogens is 2. The van der Waals surface area contributed by atoms with Gasteiger partial charge in [-0.05, 0) is 56.0 Å². The van der Waals surface area contributed by atoms with Gasteiger partial charge in [-0.15, -0.1) is 0 Å².